The number of hydrogen-bond acceptors (Lipinski definition) is 9. The molecule has 4 aromatic rings. The molecule has 5 aliphatic heterocycles. The maximum absolute atomic E-state index is 14.4. The van der Waals surface area contributed by atoms with Gasteiger partial charge in [-0.3, -0.25) is 24.6 Å². The molecule has 296 valence electrons. The van der Waals surface area contributed by atoms with Gasteiger partial charge < -0.3 is 29.3 Å². The van der Waals surface area contributed by atoms with Crippen LogP contribution < -0.4 is 24.6 Å². The second kappa shape index (κ2) is 15.4. The fourth-order valence-corrected chi connectivity index (χ4v) is 9.58. The number of anilines is 2. The van der Waals surface area contributed by atoms with Gasteiger partial charge in [-0.2, -0.15) is 0 Å². The molecule has 3 atom stereocenters. The molecular formula is C45H48FN5O6. The second-order valence-electron chi connectivity index (χ2n) is 16.1. The minimum absolute atomic E-state index is 0.0491. The van der Waals surface area contributed by atoms with Crippen molar-refractivity contribution in [2.75, 3.05) is 69.3 Å². The summed E-state index contributed by atoms with van der Waals surface area (Å²) in [6.45, 7) is 7.70. The topological polar surface area (TPSA) is 115 Å². The van der Waals surface area contributed by atoms with E-state index in [4.69, 9.17) is 9.47 Å². The summed E-state index contributed by atoms with van der Waals surface area (Å²) in [6, 6.07) is 24.6. The van der Waals surface area contributed by atoms with E-state index < -0.39 is 11.9 Å². The molecule has 5 heterocycles. The number of nitrogens with one attached hydrogen (secondary N) is 1. The summed E-state index contributed by atoms with van der Waals surface area (Å²) >= 11 is 0. The van der Waals surface area contributed by atoms with Crippen molar-refractivity contribution < 1.29 is 33.4 Å². The normalized spacial score (nSPS) is 22.9. The number of piperazine rings is 1. The highest BCUT2D eigenvalue weighted by Crippen LogP contribution is 2.48. The monoisotopic (exact) mass is 773 g/mol. The van der Waals surface area contributed by atoms with Crippen LogP contribution in [0.3, 0.4) is 0 Å². The van der Waals surface area contributed by atoms with Crippen LogP contribution in [0.15, 0.2) is 78.9 Å². The number of phenolic OH excluding ortho intramolecular Hbond substituents is 1. The van der Waals surface area contributed by atoms with E-state index in [2.05, 4.69) is 50.3 Å². The van der Waals surface area contributed by atoms with Crippen LogP contribution in [0.4, 0.5) is 15.8 Å². The van der Waals surface area contributed by atoms with E-state index in [-0.39, 0.29) is 47.5 Å². The van der Waals surface area contributed by atoms with Crippen LogP contribution in [-0.2, 0) is 16.1 Å². The van der Waals surface area contributed by atoms with Gasteiger partial charge in [0, 0.05) is 99.2 Å². The van der Waals surface area contributed by atoms with Gasteiger partial charge in [0.05, 0.1) is 13.7 Å². The Hall–Kier alpha value is -5.62. The minimum Gasteiger partial charge on any atom is -0.508 e. The number of imide groups is 1. The number of ether oxygens (including phenoxy) is 2. The number of aromatic hydroxyl groups is 1. The number of methoxy groups -OCH3 is 1. The smallest absolute Gasteiger partial charge is 0.255 e. The van der Waals surface area contributed by atoms with E-state index in [9.17, 15) is 23.9 Å². The van der Waals surface area contributed by atoms with Gasteiger partial charge in [-0.25, -0.2) is 4.39 Å². The fourth-order valence-electron chi connectivity index (χ4n) is 9.58. The predicted octanol–water partition coefficient (Wildman–Crippen LogP) is 5.65. The van der Waals surface area contributed by atoms with E-state index in [1.165, 1.54) is 18.9 Å². The molecule has 2 unspecified atom stereocenters. The molecule has 0 bridgehead atoms. The largest absolute Gasteiger partial charge is 0.508 e. The molecule has 0 aromatic heterocycles. The van der Waals surface area contributed by atoms with Crippen LogP contribution in [0.1, 0.15) is 70.1 Å². The number of halogens is 1. The summed E-state index contributed by atoms with van der Waals surface area (Å²) in [4.78, 5) is 46.3. The van der Waals surface area contributed by atoms with Crippen LogP contribution in [-0.4, -0.2) is 98.2 Å². The van der Waals surface area contributed by atoms with Crippen LogP contribution >= 0.6 is 0 Å². The lowest BCUT2D eigenvalue weighted by Crippen LogP contribution is -2.52. The van der Waals surface area contributed by atoms with Crippen molar-refractivity contribution >= 4 is 29.1 Å². The molecule has 4 aromatic carbocycles. The number of hydrogen-bond donors (Lipinski definition) is 2. The zero-order chi connectivity index (χ0) is 39.2. The molecule has 11 nitrogen and oxygen atoms in total. The van der Waals surface area contributed by atoms with Gasteiger partial charge in [-0.1, -0.05) is 24.3 Å². The lowest BCUT2D eigenvalue weighted by Gasteiger charge is -2.40. The third kappa shape index (κ3) is 7.27. The van der Waals surface area contributed by atoms with E-state index in [1.54, 1.807) is 23.1 Å². The summed E-state index contributed by atoms with van der Waals surface area (Å²) in [7, 11) is 1.48. The Bertz CT molecular complexity index is 2180. The van der Waals surface area contributed by atoms with E-state index in [0.717, 1.165) is 86.6 Å². The Morgan fingerprint density at radius 2 is 1.56 bits per heavy atom. The van der Waals surface area contributed by atoms with Crippen molar-refractivity contribution in [3.05, 3.63) is 112 Å². The molecule has 57 heavy (non-hydrogen) atoms. The quantitative estimate of drug-likeness (QED) is 0.220. The Morgan fingerprint density at radius 1 is 0.825 bits per heavy atom. The summed E-state index contributed by atoms with van der Waals surface area (Å²) in [6.07, 6.45) is 2.88. The van der Waals surface area contributed by atoms with Crippen molar-refractivity contribution in [1.82, 2.24) is 15.1 Å². The number of fused-ring (bicyclic) bond motifs is 2. The summed E-state index contributed by atoms with van der Waals surface area (Å²) in [5, 5.41) is 12.6. The SMILES string of the molecule is COc1cc(C2COc3cc(O)ccc3C2c2ccc(N3CCC(CN4CCN(c5ccc6c(c5)CN([C@H]5CCC(=O)NC5=O)C6=O)CC4)CC3)cc2)ccc1F. The lowest BCUT2D eigenvalue weighted by atomic mass is 9.75. The van der Waals surface area contributed by atoms with Crippen LogP contribution in [0.2, 0.25) is 0 Å². The van der Waals surface area contributed by atoms with E-state index in [0.29, 0.717) is 36.8 Å². The first-order chi connectivity index (χ1) is 27.7. The standard InChI is InChI=1S/C45H48FN5O6/c1-56-41-23-30(4-11-38(41)46)37-27-57-40-24-34(52)8-10-36(40)43(37)29-2-5-32(6-3-29)49-16-14-28(15-17-49)25-48-18-20-50(21-19-48)33-7-9-35-31(22-33)26-51(45(35)55)39-12-13-42(53)47-44(39)54/h2-11,22-24,28,37,39,43,52H,12-21,25-27H2,1H3,(H,47,53,54)/t37?,39-,43?/m0/s1. The number of carbonyl (C=O) groups excluding carboxylic acids is 3. The van der Waals surface area contributed by atoms with Gasteiger partial charge >= 0.3 is 0 Å². The first-order valence-corrected chi connectivity index (χ1v) is 20.1. The highest BCUT2D eigenvalue weighted by molar-refractivity contribution is 6.05. The number of rotatable bonds is 8. The third-order valence-corrected chi connectivity index (χ3v) is 12.7. The maximum Gasteiger partial charge on any atom is 0.255 e. The van der Waals surface area contributed by atoms with Gasteiger partial charge in [-0.15, -0.1) is 0 Å². The first kappa shape index (κ1) is 37.0. The Labute approximate surface area is 331 Å². The molecule has 3 fully saturated rings. The number of carbonyl (C=O) groups is 3. The third-order valence-electron chi connectivity index (χ3n) is 12.7. The van der Waals surface area contributed by atoms with Crippen LogP contribution in [0.5, 0.6) is 17.2 Å². The molecule has 0 saturated carbocycles. The molecule has 0 spiro atoms. The van der Waals surface area contributed by atoms with Crippen molar-refractivity contribution in [3.8, 4) is 17.2 Å². The van der Waals surface area contributed by atoms with Gasteiger partial charge in [0.15, 0.2) is 11.6 Å². The fraction of sp³-hybridized carbons (Fsp3) is 0.400. The zero-order valence-electron chi connectivity index (χ0n) is 32.2. The number of piperidine rings is 2. The molecule has 3 amide bonds. The average molecular weight is 774 g/mol. The van der Waals surface area contributed by atoms with Gasteiger partial charge in [0.25, 0.3) is 5.91 Å². The highest BCUT2D eigenvalue weighted by Gasteiger charge is 2.40. The van der Waals surface area contributed by atoms with Crippen LogP contribution in [0, 0.1) is 11.7 Å². The molecule has 0 aliphatic carbocycles. The molecule has 3 saturated heterocycles. The van der Waals surface area contributed by atoms with Gasteiger partial charge in [0.2, 0.25) is 11.8 Å². The number of phenols is 1. The van der Waals surface area contributed by atoms with Crippen LogP contribution in [0.25, 0.3) is 0 Å². The Kier molecular flexibility index (Phi) is 9.98. The predicted molar refractivity (Wildman–Crippen MR) is 214 cm³/mol. The number of benzene rings is 4. The van der Waals surface area contributed by atoms with E-state index in [1.807, 2.05) is 24.3 Å². The molecule has 5 aliphatic rings. The first-order valence-electron chi connectivity index (χ1n) is 20.1. The number of amides is 3. The van der Waals surface area contributed by atoms with E-state index >= 15 is 0 Å². The van der Waals surface area contributed by atoms with Crippen molar-refractivity contribution in [1.29, 1.82) is 0 Å². The highest BCUT2D eigenvalue weighted by atomic mass is 19.1. The molecule has 0 radical (unpaired) electrons. The molecular weight excluding hydrogens is 726 g/mol. The van der Waals surface area contributed by atoms with Gasteiger partial charge in [-0.05, 0) is 90.4 Å². The van der Waals surface area contributed by atoms with Crippen molar-refractivity contribution in [2.45, 2.75) is 50.1 Å². The molecule has 9 rings (SSSR count). The second-order valence-corrected chi connectivity index (χ2v) is 16.1. The molecule has 12 heteroatoms. The molecule has 2 N–H and O–H groups in total. The Balaban J connectivity index is 0.792. The van der Waals surface area contributed by atoms with Gasteiger partial charge in [0.1, 0.15) is 17.5 Å². The lowest BCUT2D eigenvalue weighted by molar-refractivity contribution is -0.136. The zero-order valence-corrected chi connectivity index (χ0v) is 32.2. The van der Waals surface area contributed by atoms with Crippen molar-refractivity contribution in [2.24, 2.45) is 5.92 Å². The minimum atomic E-state index is -0.602. The van der Waals surface area contributed by atoms with Crippen molar-refractivity contribution in [3.63, 3.8) is 0 Å². The average Bonchev–Trinajstić information content (AvgIpc) is 3.56. The summed E-state index contributed by atoms with van der Waals surface area (Å²) < 4.78 is 25.8. The summed E-state index contributed by atoms with van der Waals surface area (Å²) in [5.41, 5.74) is 6.97. The Morgan fingerprint density at radius 3 is 2.32 bits per heavy atom. The number of nitrogens with zero attached hydrogens (tertiary/aromatic N) is 4. The summed E-state index contributed by atoms with van der Waals surface area (Å²) in [5.74, 6) is 0.354. The maximum atomic E-state index is 14.4.